The van der Waals surface area contributed by atoms with E-state index in [0.717, 1.165) is 49.8 Å². The van der Waals surface area contributed by atoms with Crippen LogP contribution in [-0.2, 0) is 14.3 Å². The number of esters is 1. The first-order valence-corrected chi connectivity index (χ1v) is 17.4. The number of phenols is 1. The number of nitrogens with one attached hydrogen (secondary N) is 1. The smallest absolute Gasteiger partial charge is 0.332 e. The average molecular weight is 694 g/mol. The van der Waals surface area contributed by atoms with E-state index >= 15 is 4.39 Å². The molecule has 2 saturated heterocycles. The number of likely N-dealkylation sites (tertiary alicyclic amines) is 1. The van der Waals surface area contributed by atoms with Crippen LogP contribution in [0.3, 0.4) is 0 Å². The van der Waals surface area contributed by atoms with E-state index in [1.807, 2.05) is 45.0 Å². The Morgan fingerprint density at radius 1 is 1.10 bits per heavy atom. The number of rotatable bonds is 10. The van der Waals surface area contributed by atoms with Crippen molar-refractivity contribution in [3.05, 3.63) is 53.3 Å². The van der Waals surface area contributed by atoms with Gasteiger partial charge in [0.25, 0.3) is 0 Å². The normalized spacial score (nSPS) is 17.9. The Labute approximate surface area is 291 Å². The monoisotopic (exact) mass is 693 g/mol. The lowest BCUT2D eigenvalue weighted by atomic mass is 9.96. The molecular formula is C37H45ClFN5O5. The van der Waals surface area contributed by atoms with Crippen LogP contribution in [-0.4, -0.2) is 96.7 Å². The molecule has 0 saturated carbocycles. The van der Waals surface area contributed by atoms with Gasteiger partial charge in [0.1, 0.15) is 35.9 Å². The van der Waals surface area contributed by atoms with Crippen molar-refractivity contribution in [1.82, 2.24) is 20.2 Å². The maximum Gasteiger partial charge on any atom is 0.332 e. The minimum atomic E-state index is -0.592. The van der Waals surface area contributed by atoms with Crippen LogP contribution in [0.25, 0.3) is 32.8 Å². The van der Waals surface area contributed by atoms with Crippen molar-refractivity contribution < 1.29 is 28.5 Å². The number of piperazine rings is 1. The molecule has 4 aromatic rings. The summed E-state index contributed by atoms with van der Waals surface area (Å²) in [6, 6.07) is 12.6. The van der Waals surface area contributed by atoms with Crippen LogP contribution in [0.1, 0.15) is 40.5 Å². The molecule has 1 atom stereocenters. The fraction of sp³-hybridized carbons (Fsp3) is 0.486. The van der Waals surface area contributed by atoms with E-state index in [1.54, 1.807) is 12.1 Å². The molecule has 49 heavy (non-hydrogen) atoms. The Kier molecular flexibility index (Phi) is 10.7. The number of piperidine rings is 1. The maximum atomic E-state index is 16.8. The number of hydrogen-bond donors (Lipinski definition) is 2. The van der Waals surface area contributed by atoms with E-state index in [2.05, 4.69) is 27.0 Å². The molecule has 3 heterocycles. The second kappa shape index (κ2) is 15.0. The number of carbonyl (C=O) groups excluding carboxylic acids is 1. The van der Waals surface area contributed by atoms with Crippen LogP contribution < -0.4 is 15.0 Å². The van der Waals surface area contributed by atoms with Crippen molar-refractivity contribution in [2.45, 2.75) is 52.2 Å². The van der Waals surface area contributed by atoms with Crippen LogP contribution in [0.5, 0.6) is 11.8 Å². The summed E-state index contributed by atoms with van der Waals surface area (Å²) in [5.74, 6) is 0.0303. The van der Waals surface area contributed by atoms with E-state index in [-0.39, 0.29) is 46.5 Å². The summed E-state index contributed by atoms with van der Waals surface area (Å²) in [6.07, 6.45) is 1.90. The SMILES string of the molecule is C[C@H]1CNCCN1c1nc(OCCN2CCC(COCC(=O)OC(C)(C)C)CC2)nc2c(F)c(-c3cc(O)cc4ccccc34)c(Cl)cc12. The van der Waals surface area contributed by atoms with Crippen molar-refractivity contribution in [2.24, 2.45) is 5.92 Å². The quantitative estimate of drug-likeness (QED) is 0.187. The molecule has 0 spiro atoms. The predicted octanol–water partition coefficient (Wildman–Crippen LogP) is 6.20. The lowest BCUT2D eigenvalue weighted by Crippen LogP contribution is -2.50. The van der Waals surface area contributed by atoms with Crippen molar-refractivity contribution in [2.75, 3.05) is 64.0 Å². The minimum Gasteiger partial charge on any atom is -0.508 e. The van der Waals surface area contributed by atoms with E-state index < -0.39 is 11.4 Å². The van der Waals surface area contributed by atoms with Crippen LogP contribution in [0.15, 0.2) is 42.5 Å². The third-order valence-corrected chi connectivity index (χ3v) is 9.37. The topological polar surface area (TPSA) is 109 Å². The molecule has 6 rings (SSSR count). The number of carbonyl (C=O) groups is 1. The highest BCUT2D eigenvalue weighted by Crippen LogP contribution is 2.42. The van der Waals surface area contributed by atoms with Gasteiger partial charge in [-0.25, -0.2) is 9.18 Å². The Bertz CT molecular complexity index is 1810. The molecule has 2 aliphatic heterocycles. The Hall–Kier alpha value is -3.77. The first kappa shape index (κ1) is 35.1. The molecule has 0 radical (unpaired) electrons. The number of fused-ring (bicyclic) bond motifs is 2. The zero-order chi connectivity index (χ0) is 34.7. The summed E-state index contributed by atoms with van der Waals surface area (Å²) in [7, 11) is 0. The average Bonchev–Trinajstić information content (AvgIpc) is 3.05. The van der Waals surface area contributed by atoms with Gasteiger partial charge in [-0.05, 0) is 94.1 Å². The van der Waals surface area contributed by atoms with Crippen molar-refractivity contribution in [1.29, 1.82) is 0 Å². The second-order valence-corrected chi connectivity index (χ2v) is 14.4. The molecule has 2 fully saturated rings. The van der Waals surface area contributed by atoms with Crippen molar-refractivity contribution in [3.63, 3.8) is 0 Å². The number of ether oxygens (including phenoxy) is 3. The zero-order valence-electron chi connectivity index (χ0n) is 28.6. The Morgan fingerprint density at radius 3 is 2.63 bits per heavy atom. The molecule has 0 amide bonds. The van der Waals surface area contributed by atoms with Gasteiger partial charge in [0.15, 0.2) is 5.82 Å². The summed E-state index contributed by atoms with van der Waals surface area (Å²) in [6.45, 7) is 13.1. The van der Waals surface area contributed by atoms with Gasteiger partial charge in [-0.3, -0.25) is 4.90 Å². The zero-order valence-corrected chi connectivity index (χ0v) is 29.4. The number of anilines is 1. The van der Waals surface area contributed by atoms with Gasteiger partial charge in [0, 0.05) is 43.2 Å². The Balaban J connectivity index is 1.19. The second-order valence-electron chi connectivity index (χ2n) is 14.0. The van der Waals surface area contributed by atoms with Gasteiger partial charge in [-0.15, -0.1) is 0 Å². The number of aromatic nitrogens is 2. The van der Waals surface area contributed by atoms with Crippen LogP contribution in [0, 0.1) is 11.7 Å². The standard InChI is InChI=1S/C37H45ClFN5O5/c1-23-20-40-11-14-44(23)35-29-19-30(38)32(28-18-26(45)17-25-7-5-6-8-27(25)28)33(39)34(29)41-36(42-35)48-16-15-43-12-9-24(10-13-43)21-47-22-31(46)49-37(2,3)4/h5-8,17-19,23-24,40,45H,9-16,20-22H2,1-4H3/t23-/m0/s1. The van der Waals surface area contributed by atoms with Crippen LogP contribution in [0.4, 0.5) is 10.2 Å². The van der Waals surface area contributed by atoms with Gasteiger partial charge < -0.3 is 29.5 Å². The molecule has 0 aliphatic carbocycles. The lowest BCUT2D eigenvalue weighted by molar-refractivity contribution is -0.160. The molecule has 3 aromatic carbocycles. The summed E-state index contributed by atoms with van der Waals surface area (Å²) in [4.78, 5) is 25.8. The van der Waals surface area contributed by atoms with Crippen molar-refractivity contribution >= 4 is 45.1 Å². The van der Waals surface area contributed by atoms with E-state index in [0.29, 0.717) is 49.0 Å². The third kappa shape index (κ3) is 8.34. The highest BCUT2D eigenvalue weighted by atomic mass is 35.5. The van der Waals surface area contributed by atoms with Gasteiger partial charge >= 0.3 is 12.0 Å². The minimum absolute atomic E-state index is 0.0173. The van der Waals surface area contributed by atoms with Crippen LogP contribution in [0.2, 0.25) is 5.02 Å². The Morgan fingerprint density at radius 2 is 1.88 bits per heavy atom. The molecule has 0 unspecified atom stereocenters. The van der Waals surface area contributed by atoms with Gasteiger partial charge in [0.05, 0.1) is 11.6 Å². The fourth-order valence-corrected chi connectivity index (χ4v) is 6.96. The molecule has 2 N–H and O–H groups in total. The lowest BCUT2D eigenvalue weighted by Gasteiger charge is -2.35. The molecule has 1 aromatic heterocycles. The molecule has 262 valence electrons. The number of nitrogens with zero attached hydrogens (tertiary/aromatic N) is 4. The van der Waals surface area contributed by atoms with Gasteiger partial charge in [-0.1, -0.05) is 35.9 Å². The highest BCUT2D eigenvalue weighted by molar-refractivity contribution is 6.35. The van der Waals surface area contributed by atoms with E-state index in [9.17, 15) is 9.90 Å². The highest BCUT2D eigenvalue weighted by Gasteiger charge is 2.27. The van der Waals surface area contributed by atoms with Crippen molar-refractivity contribution in [3.8, 4) is 22.9 Å². The summed E-state index contributed by atoms with van der Waals surface area (Å²) >= 11 is 6.85. The molecule has 12 heteroatoms. The summed E-state index contributed by atoms with van der Waals surface area (Å²) < 4.78 is 33.9. The van der Waals surface area contributed by atoms with Gasteiger partial charge in [0.2, 0.25) is 0 Å². The number of hydrogen-bond acceptors (Lipinski definition) is 10. The first-order chi connectivity index (χ1) is 23.5. The van der Waals surface area contributed by atoms with Gasteiger partial charge in [-0.2, -0.15) is 9.97 Å². The number of aromatic hydroxyl groups is 1. The number of benzene rings is 3. The largest absolute Gasteiger partial charge is 0.508 e. The van der Waals surface area contributed by atoms with E-state index in [4.69, 9.17) is 30.8 Å². The molecular weight excluding hydrogens is 649 g/mol. The number of phenolic OH excluding ortho intramolecular Hbond substituents is 1. The van der Waals surface area contributed by atoms with E-state index in [1.165, 1.54) is 6.07 Å². The molecule has 2 aliphatic rings. The number of halogens is 2. The molecule has 0 bridgehead atoms. The first-order valence-electron chi connectivity index (χ1n) is 17.0. The van der Waals surface area contributed by atoms with Crippen LogP contribution >= 0.6 is 11.6 Å². The maximum absolute atomic E-state index is 16.8. The predicted molar refractivity (Wildman–Crippen MR) is 190 cm³/mol. The fourth-order valence-electron chi connectivity index (χ4n) is 6.67. The summed E-state index contributed by atoms with van der Waals surface area (Å²) in [5, 5.41) is 16.2. The third-order valence-electron chi connectivity index (χ3n) is 9.07. The molecule has 10 nitrogen and oxygen atoms in total. The summed E-state index contributed by atoms with van der Waals surface area (Å²) in [5.41, 5.74) is 0.244.